The van der Waals surface area contributed by atoms with Gasteiger partial charge in [-0.1, -0.05) is 12.8 Å². The first kappa shape index (κ1) is 10.1. The topological polar surface area (TPSA) is 38.3 Å². The van der Waals surface area contributed by atoms with Crippen molar-refractivity contribution in [3.8, 4) is 12.3 Å². The van der Waals surface area contributed by atoms with Gasteiger partial charge in [-0.15, -0.1) is 6.42 Å². The van der Waals surface area contributed by atoms with Crippen molar-refractivity contribution in [2.75, 3.05) is 6.61 Å². The molecule has 0 saturated heterocycles. The fourth-order valence-electron chi connectivity index (χ4n) is 1.68. The predicted octanol–water partition coefficient (Wildman–Crippen LogP) is 1.10. The lowest BCUT2D eigenvalue weighted by molar-refractivity contribution is -0.136. The highest BCUT2D eigenvalue weighted by Gasteiger charge is 2.27. The Labute approximate surface area is 78.8 Å². The van der Waals surface area contributed by atoms with Gasteiger partial charge < -0.3 is 0 Å². The first-order valence-electron chi connectivity index (χ1n) is 4.59. The normalized spacial score (nSPS) is 26.8. The minimum absolute atomic E-state index is 0.0281. The van der Waals surface area contributed by atoms with E-state index in [4.69, 9.17) is 11.3 Å². The van der Waals surface area contributed by atoms with Gasteiger partial charge in [0.1, 0.15) is 6.61 Å². The largest absolute Gasteiger partial charge is 0.272 e. The Morgan fingerprint density at radius 3 is 3.00 bits per heavy atom. The maximum absolute atomic E-state index is 11.4. The second-order valence-corrected chi connectivity index (χ2v) is 3.57. The first-order valence-corrected chi connectivity index (χ1v) is 4.59. The van der Waals surface area contributed by atoms with Crippen LogP contribution in [-0.2, 0) is 9.63 Å². The van der Waals surface area contributed by atoms with Crippen LogP contribution in [0.1, 0.15) is 26.2 Å². The van der Waals surface area contributed by atoms with Crippen molar-refractivity contribution in [3.63, 3.8) is 0 Å². The Morgan fingerprint density at radius 1 is 1.69 bits per heavy atom. The van der Waals surface area contributed by atoms with Crippen molar-refractivity contribution < 1.29 is 9.63 Å². The maximum Gasteiger partial charge on any atom is 0.246 e. The fourth-order valence-corrected chi connectivity index (χ4v) is 1.68. The molecule has 0 heterocycles. The van der Waals surface area contributed by atoms with Crippen LogP contribution < -0.4 is 5.48 Å². The summed E-state index contributed by atoms with van der Waals surface area (Å²) in [5, 5.41) is 0. The highest BCUT2D eigenvalue weighted by atomic mass is 16.6. The zero-order valence-corrected chi connectivity index (χ0v) is 7.88. The molecular weight excluding hydrogens is 166 g/mol. The minimum atomic E-state index is -0.0281. The SMILES string of the molecule is C#CCONC(=O)C1CCC(C)C1. The van der Waals surface area contributed by atoms with Crippen molar-refractivity contribution in [3.05, 3.63) is 0 Å². The molecule has 0 bridgehead atoms. The summed E-state index contributed by atoms with van der Waals surface area (Å²) in [6.45, 7) is 2.30. The van der Waals surface area contributed by atoms with Crippen molar-refractivity contribution >= 4 is 5.91 Å². The van der Waals surface area contributed by atoms with Crippen LogP contribution in [-0.4, -0.2) is 12.5 Å². The molecule has 2 atom stereocenters. The molecule has 1 saturated carbocycles. The van der Waals surface area contributed by atoms with Crippen molar-refractivity contribution in [2.24, 2.45) is 11.8 Å². The number of hydrogen-bond donors (Lipinski definition) is 1. The highest BCUT2D eigenvalue weighted by Crippen LogP contribution is 2.30. The van der Waals surface area contributed by atoms with Gasteiger partial charge in [-0.2, -0.15) is 0 Å². The van der Waals surface area contributed by atoms with E-state index in [1.807, 2.05) is 0 Å². The van der Waals surface area contributed by atoms with Gasteiger partial charge in [0.05, 0.1) is 0 Å². The molecule has 72 valence electrons. The molecule has 0 aliphatic heterocycles. The Balaban J connectivity index is 2.21. The third-order valence-electron chi connectivity index (χ3n) is 2.39. The lowest BCUT2D eigenvalue weighted by atomic mass is 10.1. The fraction of sp³-hybridized carbons (Fsp3) is 0.700. The molecule has 1 amide bonds. The zero-order chi connectivity index (χ0) is 9.68. The quantitative estimate of drug-likeness (QED) is 0.402. The zero-order valence-electron chi connectivity index (χ0n) is 7.88. The van der Waals surface area contributed by atoms with E-state index in [1.165, 1.54) is 0 Å². The molecule has 1 aliphatic rings. The van der Waals surface area contributed by atoms with Gasteiger partial charge in [0.2, 0.25) is 5.91 Å². The van der Waals surface area contributed by atoms with Gasteiger partial charge in [0, 0.05) is 5.92 Å². The molecule has 0 spiro atoms. The van der Waals surface area contributed by atoms with E-state index in [1.54, 1.807) is 0 Å². The van der Waals surface area contributed by atoms with Crippen molar-refractivity contribution in [1.82, 2.24) is 5.48 Å². The molecular formula is C10H15NO2. The van der Waals surface area contributed by atoms with Crippen LogP contribution in [0.4, 0.5) is 0 Å². The molecule has 2 unspecified atom stereocenters. The standard InChI is InChI=1S/C10H15NO2/c1-3-6-13-11-10(12)9-5-4-8(2)7-9/h1,8-9H,4-7H2,2H3,(H,11,12). The van der Waals surface area contributed by atoms with Gasteiger partial charge in [-0.25, -0.2) is 5.48 Å². The monoisotopic (exact) mass is 181 g/mol. The second-order valence-electron chi connectivity index (χ2n) is 3.57. The van der Waals surface area contributed by atoms with E-state index < -0.39 is 0 Å². The number of nitrogens with one attached hydrogen (secondary N) is 1. The molecule has 0 aromatic carbocycles. The van der Waals surface area contributed by atoms with E-state index in [0.29, 0.717) is 5.92 Å². The van der Waals surface area contributed by atoms with Crippen molar-refractivity contribution in [2.45, 2.75) is 26.2 Å². The molecule has 3 heteroatoms. The molecule has 0 aromatic rings. The summed E-state index contributed by atoms with van der Waals surface area (Å²) in [5.74, 6) is 3.03. The van der Waals surface area contributed by atoms with Gasteiger partial charge in [-0.05, 0) is 25.2 Å². The smallest absolute Gasteiger partial charge is 0.246 e. The van der Waals surface area contributed by atoms with Crippen LogP contribution in [0.15, 0.2) is 0 Å². The van der Waals surface area contributed by atoms with Crippen LogP contribution in [0, 0.1) is 24.2 Å². The predicted molar refractivity (Wildman–Crippen MR) is 49.4 cm³/mol. The Hall–Kier alpha value is -1.01. The summed E-state index contributed by atoms with van der Waals surface area (Å²) in [7, 11) is 0. The van der Waals surface area contributed by atoms with Gasteiger partial charge in [0.25, 0.3) is 0 Å². The van der Waals surface area contributed by atoms with Crippen molar-refractivity contribution in [1.29, 1.82) is 0 Å². The number of hydrogen-bond acceptors (Lipinski definition) is 2. The lowest BCUT2D eigenvalue weighted by Crippen LogP contribution is -2.29. The minimum Gasteiger partial charge on any atom is -0.272 e. The van der Waals surface area contributed by atoms with E-state index in [-0.39, 0.29) is 18.4 Å². The second kappa shape index (κ2) is 4.88. The molecule has 1 rings (SSSR count). The third-order valence-corrected chi connectivity index (χ3v) is 2.39. The van der Waals surface area contributed by atoms with Gasteiger partial charge in [0.15, 0.2) is 0 Å². The molecule has 1 aliphatic carbocycles. The van der Waals surface area contributed by atoms with Crippen LogP contribution in [0.5, 0.6) is 0 Å². The average Bonchev–Trinajstić information content (AvgIpc) is 2.52. The van der Waals surface area contributed by atoms with Crippen LogP contribution in [0.3, 0.4) is 0 Å². The number of terminal acetylenes is 1. The number of hydroxylamine groups is 1. The number of carbonyl (C=O) groups excluding carboxylic acids is 1. The van der Waals surface area contributed by atoms with Gasteiger partial charge >= 0.3 is 0 Å². The summed E-state index contributed by atoms with van der Waals surface area (Å²) in [6, 6.07) is 0. The maximum atomic E-state index is 11.4. The first-order chi connectivity index (χ1) is 6.24. The molecule has 13 heavy (non-hydrogen) atoms. The molecule has 3 nitrogen and oxygen atoms in total. The highest BCUT2D eigenvalue weighted by molar-refractivity contribution is 5.77. The molecule has 0 aromatic heterocycles. The summed E-state index contributed by atoms with van der Waals surface area (Å²) in [6.07, 6.45) is 8.02. The van der Waals surface area contributed by atoms with Crippen LogP contribution in [0.2, 0.25) is 0 Å². The molecule has 1 N–H and O–H groups in total. The number of carbonyl (C=O) groups is 1. The van der Waals surface area contributed by atoms with E-state index in [2.05, 4.69) is 18.3 Å². The summed E-state index contributed by atoms with van der Waals surface area (Å²) in [5.41, 5.74) is 2.36. The molecule has 0 radical (unpaired) electrons. The summed E-state index contributed by atoms with van der Waals surface area (Å²) in [4.78, 5) is 16.1. The Morgan fingerprint density at radius 2 is 2.46 bits per heavy atom. The van der Waals surface area contributed by atoms with Crippen LogP contribution >= 0.6 is 0 Å². The number of amides is 1. The summed E-state index contributed by atoms with van der Waals surface area (Å²) < 4.78 is 0. The Kier molecular flexibility index (Phi) is 3.78. The van der Waals surface area contributed by atoms with E-state index in [0.717, 1.165) is 19.3 Å². The summed E-state index contributed by atoms with van der Waals surface area (Å²) >= 11 is 0. The Bertz CT molecular complexity index is 219. The van der Waals surface area contributed by atoms with E-state index >= 15 is 0 Å². The average molecular weight is 181 g/mol. The van der Waals surface area contributed by atoms with E-state index in [9.17, 15) is 4.79 Å². The van der Waals surface area contributed by atoms with Crippen LogP contribution in [0.25, 0.3) is 0 Å². The lowest BCUT2D eigenvalue weighted by Gasteiger charge is -2.08. The third kappa shape index (κ3) is 3.08. The molecule has 1 fully saturated rings. The van der Waals surface area contributed by atoms with Gasteiger partial charge in [-0.3, -0.25) is 9.63 Å². The number of rotatable bonds is 3.